The molecule has 5 rings (SSSR count). The first kappa shape index (κ1) is 15.2. The summed E-state index contributed by atoms with van der Waals surface area (Å²) < 4.78 is 5.18. The quantitative estimate of drug-likeness (QED) is 0.550. The summed E-state index contributed by atoms with van der Waals surface area (Å²) in [5, 5.41) is 0. The number of carbonyl (C=O) groups excluding carboxylic acids is 1. The maximum Gasteiger partial charge on any atom is 0.338 e. The highest BCUT2D eigenvalue weighted by Crippen LogP contribution is 2.51. The van der Waals surface area contributed by atoms with Gasteiger partial charge in [0, 0.05) is 16.7 Å². The Balaban J connectivity index is 1.77. The Hall–Kier alpha value is -3.07. The van der Waals surface area contributed by atoms with Crippen LogP contribution in [-0.4, -0.2) is 5.97 Å². The van der Waals surface area contributed by atoms with Crippen LogP contribution in [0.5, 0.6) is 0 Å². The fourth-order valence-electron chi connectivity index (χ4n) is 4.21. The number of anilines is 3. The van der Waals surface area contributed by atoms with Gasteiger partial charge < -0.3 is 9.64 Å². The summed E-state index contributed by atoms with van der Waals surface area (Å²) in [7, 11) is 0. The van der Waals surface area contributed by atoms with Crippen LogP contribution in [0.25, 0.3) is 0 Å². The van der Waals surface area contributed by atoms with Crippen molar-refractivity contribution >= 4 is 23.0 Å². The van der Waals surface area contributed by atoms with Crippen LogP contribution in [0.2, 0.25) is 0 Å². The van der Waals surface area contributed by atoms with Gasteiger partial charge >= 0.3 is 5.97 Å². The van der Waals surface area contributed by atoms with Crippen molar-refractivity contribution in [3.63, 3.8) is 0 Å². The Kier molecular flexibility index (Phi) is 3.05. The van der Waals surface area contributed by atoms with E-state index in [1.165, 1.54) is 22.5 Å². The third kappa shape index (κ3) is 1.97. The van der Waals surface area contributed by atoms with Gasteiger partial charge in [-0.25, -0.2) is 4.79 Å². The topological polar surface area (TPSA) is 29.5 Å². The van der Waals surface area contributed by atoms with Gasteiger partial charge in [0.15, 0.2) is 0 Å². The van der Waals surface area contributed by atoms with E-state index in [0.717, 1.165) is 11.3 Å². The van der Waals surface area contributed by atoms with E-state index in [1.54, 1.807) is 0 Å². The van der Waals surface area contributed by atoms with Crippen molar-refractivity contribution in [3.05, 3.63) is 89.0 Å². The summed E-state index contributed by atoms with van der Waals surface area (Å²) in [5.41, 5.74) is 7.57. The summed E-state index contributed by atoms with van der Waals surface area (Å²) in [6.07, 6.45) is 0. The van der Waals surface area contributed by atoms with Gasteiger partial charge in [0.2, 0.25) is 0 Å². The molecule has 128 valence electrons. The molecule has 0 N–H and O–H groups in total. The number of fused-ring (bicyclic) bond motifs is 3. The van der Waals surface area contributed by atoms with Gasteiger partial charge in [-0.15, -0.1) is 0 Å². The van der Waals surface area contributed by atoms with E-state index in [0.29, 0.717) is 12.2 Å². The molecular weight excluding hydrogens is 322 g/mol. The maximum atomic E-state index is 11.8. The normalized spacial score (nSPS) is 16.5. The molecule has 0 saturated heterocycles. The maximum absolute atomic E-state index is 11.8. The Bertz CT molecular complexity index is 1000. The van der Waals surface area contributed by atoms with Gasteiger partial charge in [-0.05, 0) is 41.5 Å². The first-order valence-corrected chi connectivity index (χ1v) is 8.86. The molecule has 0 aliphatic carbocycles. The highest BCUT2D eigenvalue weighted by Gasteiger charge is 2.36. The Morgan fingerprint density at radius 1 is 0.885 bits per heavy atom. The van der Waals surface area contributed by atoms with E-state index in [1.807, 2.05) is 12.1 Å². The number of para-hydroxylation sites is 2. The lowest BCUT2D eigenvalue weighted by Gasteiger charge is -2.42. The molecule has 0 amide bonds. The van der Waals surface area contributed by atoms with Crippen LogP contribution in [0.1, 0.15) is 40.9 Å². The van der Waals surface area contributed by atoms with E-state index < -0.39 is 0 Å². The van der Waals surface area contributed by atoms with Crippen molar-refractivity contribution in [2.75, 3.05) is 4.90 Å². The minimum absolute atomic E-state index is 0.0699. The minimum atomic E-state index is -0.230. The molecule has 0 radical (unpaired) electrons. The van der Waals surface area contributed by atoms with Crippen LogP contribution in [0, 0.1) is 0 Å². The third-order valence-electron chi connectivity index (χ3n) is 5.56. The summed E-state index contributed by atoms with van der Waals surface area (Å²) in [6.45, 7) is 4.90. The highest BCUT2D eigenvalue weighted by molar-refractivity contribution is 5.95. The largest absolute Gasteiger partial charge is 0.457 e. The average Bonchev–Trinajstić information content (AvgIpc) is 3.03. The molecule has 0 unspecified atom stereocenters. The first-order chi connectivity index (χ1) is 12.6. The SMILES string of the molecule is CC1(C)c2ccccc2N(c2ccc3c(c2)COC3=O)c2ccccc21. The molecule has 3 aromatic carbocycles. The summed E-state index contributed by atoms with van der Waals surface area (Å²) in [6, 6.07) is 23.1. The molecular formula is C23H19NO2. The van der Waals surface area contributed by atoms with Gasteiger partial charge in [0.05, 0.1) is 16.9 Å². The Morgan fingerprint density at radius 2 is 1.50 bits per heavy atom. The fourth-order valence-corrected chi connectivity index (χ4v) is 4.21. The number of esters is 1. The monoisotopic (exact) mass is 341 g/mol. The molecule has 26 heavy (non-hydrogen) atoms. The predicted octanol–water partition coefficient (Wildman–Crippen LogP) is 5.47. The first-order valence-electron chi connectivity index (χ1n) is 8.86. The number of hydrogen-bond acceptors (Lipinski definition) is 3. The Morgan fingerprint density at radius 3 is 2.15 bits per heavy atom. The van der Waals surface area contributed by atoms with E-state index >= 15 is 0 Å². The molecule has 2 aliphatic rings. The number of cyclic esters (lactones) is 1. The molecule has 3 nitrogen and oxygen atoms in total. The molecule has 0 spiro atoms. The van der Waals surface area contributed by atoms with Gasteiger partial charge in [0.1, 0.15) is 6.61 Å². The van der Waals surface area contributed by atoms with Crippen LogP contribution in [0.15, 0.2) is 66.7 Å². The molecule has 0 saturated carbocycles. The van der Waals surface area contributed by atoms with Gasteiger partial charge in [-0.1, -0.05) is 50.2 Å². The van der Waals surface area contributed by atoms with Gasteiger partial charge in [-0.2, -0.15) is 0 Å². The van der Waals surface area contributed by atoms with Crippen molar-refractivity contribution in [1.29, 1.82) is 0 Å². The van der Waals surface area contributed by atoms with E-state index in [-0.39, 0.29) is 11.4 Å². The highest BCUT2D eigenvalue weighted by atomic mass is 16.5. The zero-order chi connectivity index (χ0) is 17.9. The van der Waals surface area contributed by atoms with Crippen molar-refractivity contribution in [3.8, 4) is 0 Å². The lowest BCUT2D eigenvalue weighted by atomic mass is 9.73. The second kappa shape index (κ2) is 5.21. The fraction of sp³-hybridized carbons (Fsp3) is 0.174. The van der Waals surface area contributed by atoms with Crippen molar-refractivity contribution in [1.82, 2.24) is 0 Å². The zero-order valence-corrected chi connectivity index (χ0v) is 14.8. The molecule has 3 heteroatoms. The third-order valence-corrected chi connectivity index (χ3v) is 5.56. The second-order valence-corrected chi connectivity index (χ2v) is 7.41. The Labute approximate surface area is 152 Å². The van der Waals surface area contributed by atoms with Crippen LogP contribution >= 0.6 is 0 Å². The van der Waals surface area contributed by atoms with Crippen molar-refractivity contribution in [2.45, 2.75) is 25.9 Å². The molecule has 0 fully saturated rings. The lowest BCUT2D eigenvalue weighted by Crippen LogP contribution is -2.30. The zero-order valence-electron chi connectivity index (χ0n) is 14.8. The molecule has 0 atom stereocenters. The van der Waals surface area contributed by atoms with Crippen molar-refractivity contribution < 1.29 is 9.53 Å². The smallest absolute Gasteiger partial charge is 0.338 e. The van der Waals surface area contributed by atoms with Crippen molar-refractivity contribution in [2.24, 2.45) is 0 Å². The molecule has 2 aliphatic heterocycles. The number of ether oxygens (including phenoxy) is 1. The number of nitrogens with zero attached hydrogens (tertiary/aromatic N) is 1. The summed E-state index contributed by atoms with van der Waals surface area (Å²) in [4.78, 5) is 14.1. The van der Waals surface area contributed by atoms with E-state index in [4.69, 9.17) is 4.74 Å². The molecule has 3 aromatic rings. The standard InChI is InChI=1S/C23H19NO2/c1-23(2)18-7-3-5-9-20(18)24(21-10-6-4-8-19(21)23)16-11-12-17-15(13-16)14-26-22(17)25/h3-13H,14H2,1-2H3. The number of carbonyl (C=O) groups is 1. The van der Waals surface area contributed by atoms with Crippen LogP contribution in [-0.2, 0) is 16.8 Å². The van der Waals surface area contributed by atoms with Crippen LogP contribution in [0.3, 0.4) is 0 Å². The number of rotatable bonds is 1. The van der Waals surface area contributed by atoms with Gasteiger partial charge in [0.25, 0.3) is 0 Å². The average molecular weight is 341 g/mol. The van der Waals surface area contributed by atoms with Crippen LogP contribution < -0.4 is 4.90 Å². The summed E-state index contributed by atoms with van der Waals surface area (Å²) >= 11 is 0. The minimum Gasteiger partial charge on any atom is -0.457 e. The molecule has 0 bridgehead atoms. The van der Waals surface area contributed by atoms with E-state index in [2.05, 4.69) is 73.3 Å². The summed E-state index contributed by atoms with van der Waals surface area (Å²) in [5.74, 6) is -0.230. The predicted molar refractivity (Wildman–Crippen MR) is 102 cm³/mol. The number of hydrogen-bond donors (Lipinski definition) is 0. The van der Waals surface area contributed by atoms with Gasteiger partial charge in [-0.3, -0.25) is 0 Å². The van der Waals surface area contributed by atoms with Crippen LogP contribution in [0.4, 0.5) is 17.1 Å². The molecule has 2 heterocycles. The molecule has 0 aromatic heterocycles. The van der Waals surface area contributed by atoms with E-state index in [9.17, 15) is 4.79 Å². The lowest BCUT2D eigenvalue weighted by molar-refractivity contribution is 0.0535. The number of benzene rings is 3. The second-order valence-electron chi connectivity index (χ2n) is 7.41.